The van der Waals surface area contributed by atoms with Gasteiger partial charge in [0.2, 0.25) is 5.71 Å². The van der Waals surface area contributed by atoms with Crippen molar-refractivity contribution >= 4 is 11.8 Å². The van der Waals surface area contributed by atoms with E-state index in [1.54, 1.807) is 0 Å². The molecule has 0 saturated carbocycles. The molecular weight excluding hydrogens is 230 g/mol. The summed E-state index contributed by atoms with van der Waals surface area (Å²) in [6.07, 6.45) is 3.43. The van der Waals surface area contributed by atoms with E-state index in [0.29, 0.717) is 0 Å². The lowest BCUT2D eigenvalue weighted by atomic mass is 10.00. The maximum atomic E-state index is 2.35. The summed E-state index contributed by atoms with van der Waals surface area (Å²) in [5.41, 5.74) is 5.38. The third-order valence-corrected chi connectivity index (χ3v) is 3.59. The average molecular weight is 248 g/mol. The number of rotatable bonds is 2. The normalized spacial score (nSPS) is 17.2. The first-order valence-electron chi connectivity index (χ1n) is 6.74. The van der Waals surface area contributed by atoms with E-state index in [-0.39, 0.29) is 0 Å². The predicted octanol–water partition coefficient (Wildman–Crippen LogP) is 3.61. The molecule has 0 amide bonds. The molecular formula is C18H18N+. The minimum Gasteiger partial charge on any atom is -0.231 e. The lowest BCUT2D eigenvalue weighted by Crippen LogP contribution is -2.11. The highest BCUT2D eigenvalue weighted by atomic mass is 15.0. The third kappa shape index (κ3) is 2.50. The number of hydrogen-bond donors (Lipinski definition) is 0. The molecule has 2 aromatic rings. The van der Waals surface area contributed by atoms with Crippen molar-refractivity contribution in [2.45, 2.75) is 6.42 Å². The second kappa shape index (κ2) is 5.23. The Hall–Kier alpha value is -2.15. The fourth-order valence-electron chi connectivity index (χ4n) is 2.66. The minimum atomic E-state index is 1.10. The van der Waals surface area contributed by atoms with Gasteiger partial charge in [0.05, 0.1) is 0 Å². The molecule has 0 N–H and O–H groups in total. The molecule has 1 nitrogen and oxygen atoms in total. The van der Waals surface area contributed by atoms with Gasteiger partial charge in [0.1, 0.15) is 13.6 Å². The summed E-state index contributed by atoms with van der Waals surface area (Å²) in [5.74, 6) is 0. The molecule has 0 atom stereocenters. The van der Waals surface area contributed by atoms with Crippen LogP contribution in [0.15, 0.2) is 66.2 Å². The van der Waals surface area contributed by atoms with Crippen LogP contribution < -0.4 is 0 Å². The van der Waals surface area contributed by atoms with Gasteiger partial charge < -0.3 is 0 Å². The van der Waals surface area contributed by atoms with E-state index in [1.165, 1.54) is 22.4 Å². The van der Waals surface area contributed by atoms with Crippen molar-refractivity contribution in [3.05, 3.63) is 77.4 Å². The summed E-state index contributed by atoms with van der Waals surface area (Å²) in [5, 5.41) is 0. The SMILES string of the molecule is C[N+]1=C(c2ccccc2)/C(=C/c2ccccc2)CC1. The molecule has 0 aromatic heterocycles. The second-order valence-corrected chi connectivity index (χ2v) is 4.97. The molecule has 94 valence electrons. The van der Waals surface area contributed by atoms with Gasteiger partial charge in [-0.25, -0.2) is 4.58 Å². The van der Waals surface area contributed by atoms with Gasteiger partial charge in [-0.05, 0) is 23.8 Å². The topological polar surface area (TPSA) is 3.01 Å². The molecule has 1 heteroatoms. The van der Waals surface area contributed by atoms with Gasteiger partial charge in [0.15, 0.2) is 0 Å². The monoisotopic (exact) mass is 248 g/mol. The molecule has 0 radical (unpaired) electrons. The van der Waals surface area contributed by atoms with Crippen LogP contribution in [0.1, 0.15) is 17.5 Å². The largest absolute Gasteiger partial charge is 0.231 e. The van der Waals surface area contributed by atoms with Crippen molar-refractivity contribution in [3.8, 4) is 0 Å². The molecule has 1 aliphatic heterocycles. The van der Waals surface area contributed by atoms with Crippen molar-refractivity contribution in [1.82, 2.24) is 0 Å². The van der Waals surface area contributed by atoms with Crippen LogP contribution >= 0.6 is 0 Å². The van der Waals surface area contributed by atoms with E-state index in [0.717, 1.165) is 13.0 Å². The molecule has 0 unspecified atom stereocenters. The Morgan fingerprint density at radius 1 is 0.895 bits per heavy atom. The van der Waals surface area contributed by atoms with Gasteiger partial charge in [0, 0.05) is 17.6 Å². The molecule has 19 heavy (non-hydrogen) atoms. The van der Waals surface area contributed by atoms with Crippen LogP contribution in [0.3, 0.4) is 0 Å². The standard InChI is InChI=1S/C18H18N/c1-19-13-12-17(14-15-8-4-2-5-9-15)18(19)16-10-6-3-7-11-16/h2-11,14H,12-13H2,1H3/q+1/b17-14+. The summed E-state index contributed by atoms with van der Waals surface area (Å²) in [7, 11) is 2.17. The maximum absolute atomic E-state index is 2.35. The Labute approximate surface area is 114 Å². The first kappa shape index (κ1) is 11.9. The van der Waals surface area contributed by atoms with E-state index in [1.807, 2.05) is 0 Å². The van der Waals surface area contributed by atoms with Crippen LogP contribution in [0.25, 0.3) is 6.08 Å². The van der Waals surface area contributed by atoms with Gasteiger partial charge in [-0.2, -0.15) is 0 Å². The molecule has 1 aliphatic rings. The first-order chi connectivity index (χ1) is 9.34. The fraction of sp³-hybridized carbons (Fsp3) is 0.167. The van der Waals surface area contributed by atoms with Crippen LogP contribution in [0.4, 0.5) is 0 Å². The van der Waals surface area contributed by atoms with E-state index in [2.05, 4.69) is 78.4 Å². The zero-order chi connectivity index (χ0) is 13.1. The summed E-state index contributed by atoms with van der Waals surface area (Å²) in [6.45, 7) is 1.10. The molecule has 0 spiro atoms. The van der Waals surface area contributed by atoms with Crippen molar-refractivity contribution in [3.63, 3.8) is 0 Å². The van der Waals surface area contributed by atoms with Gasteiger partial charge in [-0.15, -0.1) is 0 Å². The molecule has 2 aromatic carbocycles. The number of nitrogens with zero attached hydrogens (tertiary/aromatic N) is 1. The summed E-state index contributed by atoms with van der Waals surface area (Å²) < 4.78 is 2.35. The molecule has 0 bridgehead atoms. The van der Waals surface area contributed by atoms with Crippen LogP contribution in [0, 0.1) is 0 Å². The van der Waals surface area contributed by atoms with E-state index in [4.69, 9.17) is 0 Å². The van der Waals surface area contributed by atoms with Crippen LogP contribution in [0.2, 0.25) is 0 Å². The lowest BCUT2D eigenvalue weighted by molar-refractivity contribution is -0.488. The Balaban J connectivity index is 2.02. The smallest absolute Gasteiger partial charge is 0.210 e. The Morgan fingerprint density at radius 2 is 1.53 bits per heavy atom. The highest BCUT2D eigenvalue weighted by Gasteiger charge is 2.25. The van der Waals surface area contributed by atoms with E-state index < -0.39 is 0 Å². The van der Waals surface area contributed by atoms with Crippen molar-refractivity contribution in [2.24, 2.45) is 0 Å². The summed E-state index contributed by atoms with van der Waals surface area (Å²) in [6, 6.07) is 21.2. The van der Waals surface area contributed by atoms with Crippen LogP contribution in [-0.2, 0) is 0 Å². The van der Waals surface area contributed by atoms with Gasteiger partial charge in [0.25, 0.3) is 0 Å². The van der Waals surface area contributed by atoms with E-state index in [9.17, 15) is 0 Å². The third-order valence-electron chi connectivity index (χ3n) is 3.59. The number of hydrogen-bond acceptors (Lipinski definition) is 0. The first-order valence-corrected chi connectivity index (χ1v) is 6.74. The second-order valence-electron chi connectivity index (χ2n) is 4.97. The zero-order valence-corrected chi connectivity index (χ0v) is 11.2. The van der Waals surface area contributed by atoms with Crippen LogP contribution in [0.5, 0.6) is 0 Å². The molecule has 0 aliphatic carbocycles. The number of benzene rings is 2. The molecule has 3 rings (SSSR count). The van der Waals surface area contributed by atoms with Gasteiger partial charge in [-0.3, -0.25) is 0 Å². The summed E-state index contributed by atoms with van der Waals surface area (Å²) >= 11 is 0. The Morgan fingerprint density at radius 3 is 2.21 bits per heavy atom. The highest BCUT2D eigenvalue weighted by molar-refractivity contribution is 6.12. The van der Waals surface area contributed by atoms with Gasteiger partial charge in [-0.1, -0.05) is 48.5 Å². The predicted molar refractivity (Wildman–Crippen MR) is 80.6 cm³/mol. The van der Waals surface area contributed by atoms with Gasteiger partial charge >= 0.3 is 0 Å². The highest BCUT2D eigenvalue weighted by Crippen LogP contribution is 2.21. The Bertz CT molecular complexity index is 621. The maximum Gasteiger partial charge on any atom is 0.210 e. The molecule has 0 fully saturated rings. The van der Waals surface area contributed by atoms with Crippen molar-refractivity contribution in [1.29, 1.82) is 0 Å². The minimum absolute atomic E-state index is 1.10. The fourth-order valence-corrected chi connectivity index (χ4v) is 2.66. The van der Waals surface area contributed by atoms with E-state index >= 15 is 0 Å². The van der Waals surface area contributed by atoms with Crippen molar-refractivity contribution < 1.29 is 4.58 Å². The van der Waals surface area contributed by atoms with Crippen LogP contribution in [-0.4, -0.2) is 23.9 Å². The quantitative estimate of drug-likeness (QED) is 0.714. The zero-order valence-electron chi connectivity index (χ0n) is 11.2. The average Bonchev–Trinajstić information content (AvgIpc) is 2.82. The van der Waals surface area contributed by atoms with Crippen molar-refractivity contribution in [2.75, 3.05) is 13.6 Å². The lowest BCUT2D eigenvalue weighted by Gasteiger charge is -2.01. The summed E-state index contributed by atoms with van der Waals surface area (Å²) in [4.78, 5) is 0. The molecule has 1 heterocycles. The molecule has 0 saturated heterocycles. The Kier molecular flexibility index (Phi) is 3.28.